The van der Waals surface area contributed by atoms with Gasteiger partial charge in [0.1, 0.15) is 5.75 Å². The topological polar surface area (TPSA) is 66.7 Å². The van der Waals surface area contributed by atoms with Crippen molar-refractivity contribution in [1.29, 1.82) is 0 Å². The lowest BCUT2D eigenvalue weighted by Gasteiger charge is -2.36. The molecule has 1 N–H and O–H groups in total. The van der Waals surface area contributed by atoms with E-state index in [9.17, 15) is 0 Å². The van der Waals surface area contributed by atoms with Crippen molar-refractivity contribution in [3.05, 3.63) is 36.2 Å². The van der Waals surface area contributed by atoms with E-state index >= 15 is 0 Å². The molecule has 7 heteroatoms. The summed E-state index contributed by atoms with van der Waals surface area (Å²) >= 11 is 0. The van der Waals surface area contributed by atoms with Crippen LogP contribution >= 0.6 is 0 Å². The molecule has 1 fully saturated rings. The van der Waals surface area contributed by atoms with Crippen LogP contribution in [0.25, 0.3) is 0 Å². The fourth-order valence-electron chi connectivity index (χ4n) is 3.53. The normalized spacial score (nSPS) is 15.3. The van der Waals surface area contributed by atoms with Gasteiger partial charge in [0.2, 0.25) is 0 Å². The van der Waals surface area contributed by atoms with Gasteiger partial charge in [-0.3, -0.25) is 9.58 Å². The number of aliphatic hydroxyl groups is 1. The lowest BCUT2D eigenvalue weighted by atomic mass is 10.2. The van der Waals surface area contributed by atoms with Crippen LogP contribution in [0, 0.1) is 0 Å². The molecule has 27 heavy (non-hydrogen) atoms. The Morgan fingerprint density at radius 3 is 2.59 bits per heavy atom. The second-order valence-electron chi connectivity index (χ2n) is 7.05. The minimum absolute atomic E-state index is 0.289. The zero-order valence-corrected chi connectivity index (χ0v) is 16.3. The molecule has 148 valence electrons. The molecule has 0 spiro atoms. The van der Waals surface area contributed by atoms with Crippen LogP contribution in [0.5, 0.6) is 5.75 Å². The third-order valence-corrected chi connectivity index (χ3v) is 5.07. The van der Waals surface area contributed by atoms with E-state index in [2.05, 4.69) is 38.4 Å². The van der Waals surface area contributed by atoms with Gasteiger partial charge in [0, 0.05) is 52.1 Å². The fourth-order valence-corrected chi connectivity index (χ4v) is 3.53. The second kappa shape index (κ2) is 10.3. The summed E-state index contributed by atoms with van der Waals surface area (Å²) in [7, 11) is 1.73. The quantitative estimate of drug-likeness (QED) is 0.644. The number of nitrogens with zero attached hydrogens (tertiary/aromatic N) is 5. The molecule has 1 saturated heterocycles. The number of hydrogen-bond donors (Lipinski definition) is 1. The molecule has 3 rings (SSSR count). The maximum Gasteiger partial charge on any atom is 0.142 e. The molecule has 2 heterocycles. The van der Waals surface area contributed by atoms with Crippen LogP contribution < -0.4 is 9.64 Å². The van der Waals surface area contributed by atoms with Crippen LogP contribution in [0.15, 0.2) is 30.5 Å². The van der Waals surface area contributed by atoms with Crippen molar-refractivity contribution in [3.8, 4) is 5.75 Å². The number of rotatable bonds is 10. The number of para-hydroxylation sites is 2. The fraction of sp³-hybridized carbons (Fsp3) is 0.600. The number of aromatic nitrogens is 3. The first kappa shape index (κ1) is 19.6. The van der Waals surface area contributed by atoms with E-state index in [0.717, 1.165) is 76.4 Å². The predicted octanol–water partition coefficient (Wildman–Crippen LogP) is 2.16. The Kier molecular flexibility index (Phi) is 7.47. The van der Waals surface area contributed by atoms with Crippen LogP contribution in [0.1, 0.15) is 31.4 Å². The highest BCUT2D eigenvalue weighted by molar-refractivity contribution is 5.58. The number of hydrogen-bond acceptors (Lipinski definition) is 6. The van der Waals surface area contributed by atoms with E-state index in [1.165, 1.54) is 5.69 Å². The third-order valence-electron chi connectivity index (χ3n) is 5.07. The zero-order chi connectivity index (χ0) is 18.9. The van der Waals surface area contributed by atoms with Crippen LogP contribution in [0.2, 0.25) is 0 Å². The molecule has 1 aromatic carbocycles. The Morgan fingerprint density at radius 2 is 1.81 bits per heavy atom. The lowest BCUT2D eigenvalue weighted by molar-refractivity contribution is 0.246. The van der Waals surface area contributed by atoms with E-state index in [1.807, 2.05) is 16.8 Å². The van der Waals surface area contributed by atoms with E-state index in [-0.39, 0.29) is 6.61 Å². The molecule has 0 unspecified atom stereocenters. The Bertz CT molecular complexity index is 683. The van der Waals surface area contributed by atoms with Gasteiger partial charge in [0.15, 0.2) is 0 Å². The highest BCUT2D eigenvalue weighted by Crippen LogP contribution is 2.28. The largest absolute Gasteiger partial charge is 0.495 e. The molecule has 1 aliphatic heterocycles. The van der Waals surface area contributed by atoms with Crippen LogP contribution in [0.4, 0.5) is 5.69 Å². The highest BCUT2D eigenvalue weighted by Gasteiger charge is 2.20. The maximum absolute atomic E-state index is 8.81. The van der Waals surface area contributed by atoms with Crippen molar-refractivity contribution >= 4 is 5.69 Å². The van der Waals surface area contributed by atoms with Gasteiger partial charge in [-0.1, -0.05) is 30.2 Å². The minimum Gasteiger partial charge on any atom is -0.495 e. The summed E-state index contributed by atoms with van der Waals surface area (Å²) in [6.07, 6.45) is 6.25. The van der Waals surface area contributed by atoms with Crippen molar-refractivity contribution in [3.63, 3.8) is 0 Å². The number of aliphatic hydroxyl groups excluding tert-OH is 1. The van der Waals surface area contributed by atoms with Crippen molar-refractivity contribution in [2.75, 3.05) is 44.8 Å². The van der Waals surface area contributed by atoms with E-state index in [4.69, 9.17) is 9.84 Å². The van der Waals surface area contributed by atoms with Crippen LogP contribution in [0.3, 0.4) is 0 Å². The van der Waals surface area contributed by atoms with Crippen LogP contribution in [-0.4, -0.2) is 64.9 Å². The van der Waals surface area contributed by atoms with Gasteiger partial charge in [-0.15, -0.1) is 5.10 Å². The van der Waals surface area contributed by atoms with Gasteiger partial charge in [-0.2, -0.15) is 0 Å². The summed E-state index contributed by atoms with van der Waals surface area (Å²) in [6, 6.07) is 8.21. The first-order valence-corrected chi connectivity index (χ1v) is 9.90. The predicted molar refractivity (Wildman–Crippen MR) is 106 cm³/mol. The van der Waals surface area contributed by atoms with Gasteiger partial charge in [-0.25, -0.2) is 0 Å². The summed E-state index contributed by atoms with van der Waals surface area (Å²) in [5, 5.41) is 17.4. The molecule has 0 bridgehead atoms. The smallest absolute Gasteiger partial charge is 0.142 e. The van der Waals surface area contributed by atoms with Crippen molar-refractivity contribution in [2.45, 2.75) is 38.8 Å². The first-order chi connectivity index (χ1) is 13.3. The summed E-state index contributed by atoms with van der Waals surface area (Å²) < 4.78 is 7.43. The standard InChI is InChI=1S/C20H31N5O2/c1-27-20-9-5-4-8-19(20)24-13-11-23(12-14-24)16-18-17-25(22-21-18)10-6-2-3-7-15-26/h4-5,8-9,17,26H,2-3,6-7,10-16H2,1H3. The summed E-state index contributed by atoms with van der Waals surface area (Å²) in [5.41, 5.74) is 2.21. The molecule has 7 nitrogen and oxygen atoms in total. The summed E-state index contributed by atoms with van der Waals surface area (Å²) in [4.78, 5) is 4.82. The number of unbranched alkanes of at least 4 members (excludes halogenated alkanes) is 3. The molecular weight excluding hydrogens is 342 g/mol. The summed E-state index contributed by atoms with van der Waals surface area (Å²) in [6.45, 7) is 6.03. The lowest BCUT2D eigenvalue weighted by Crippen LogP contribution is -2.46. The Labute approximate surface area is 161 Å². The van der Waals surface area contributed by atoms with E-state index in [0.29, 0.717) is 0 Å². The van der Waals surface area contributed by atoms with Gasteiger partial charge >= 0.3 is 0 Å². The Hall–Kier alpha value is -2.12. The average molecular weight is 374 g/mol. The van der Waals surface area contributed by atoms with E-state index < -0.39 is 0 Å². The number of aryl methyl sites for hydroxylation is 1. The van der Waals surface area contributed by atoms with Gasteiger partial charge in [-0.05, 0) is 25.0 Å². The van der Waals surface area contributed by atoms with Crippen molar-refractivity contribution in [1.82, 2.24) is 19.9 Å². The first-order valence-electron chi connectivity index (χ1n) is 9.90. The van der Waals surface area contributed by atoms with Crippen molar-refractivity contribution in [2.24, 2.45) is 0 Å². The molecule has 0 atom stereocenters. The highest BCUT2D eigenvalue weighted by atomic mass is 16.5. The number of methoxy groups -OCH3 is 1. The SMILES string of the molecule is COc1ccccc1N1CCN(Cc2cn(CCCCCCO)nn2)CC1. The molecule has 1 aromatic heterocycles. The summed E-state index contributed by atoms with van der Waals surface area (Å²) in [5.74, 6) is 0.938. The minimum atomic E-state index is 0.289. The molecular formula is C20H31N5O2. The molecule has 0 aliphatic carbocycles. The maximum atomic E-state index is 8.81. The number of piperazine rings is 1. The average Bonchev–Trinajstić information content (AvgIpc) is 3.15. The molecule has 2 aromatic rings. The van der Waals surface area contributed by atoms with Gasteiger partial charge < -0.3 is 14.7 Å². The number of ether oxygens (including phenoxy) is 1. The van der Waals surface area contributed by atoms with Crippen molar-refractivity contribution < 1.29 is 9.84 Å². The van der Waals surface area contributed by atoms with Crippen LogP contribution in [-0.2, 0) is 13.1 Å². The molecule has 1 aliphatic rings. The molecule has 0 radical (unpaired) electrons. The monoisotopic (exact) mass is 373 g/mol. The zero-order valence-electron chi connectivity index (χ0n) is 16.3. The number of anilines is 1. The van der Waals surface area contributed by atoms with Gasteiger partial charge in [0.25, 0.3) is 0 Å². The van der Waals surface area contributed by atoms with E-state index in [1.54, 1.807) is 7.11 Å². The Balaban J connectivity index is 1.43. The second-order valence-corrected chi connectivity index (χ2v) is 7.05. The van der Waals surface area contributed by atoms with Gasteiger partial charge in [0.05, 0.1) is 18.5 Å². The number of benzene rings is 1. The third kappa shape index (κ3) is 5.68. The molecule has 0 saturated carbocycles. The Morgan fingerprint density at radius 1 is 1.04 bits per heavy atom. The molecule has 0 amide bonds.